The molecule has 0 aromatic heterocycles. The molecule has 0 saturated carbocycles. The number of carbonyl (C=O) groups is 7. The predicted octanol–water partition coefficient (Wildman–Crippen LogP) is 0.630. The van der Waals surface area contributed by atoms with Gasteiger partial charge in [-0.3, -0.25) is 4.79 Å². The van der Waals surface area contributed by atoms with Gasteiger partial charge in [0.2, 0.25) is 0 Å². The van der Waals surface area contributed by atoms with Crippen LogP contribution >= 0.6 is 0 Å². The monoisotopic (exact) mass is 636 g/mol. The van der Waals surface area contributed by atoms with Crippen molar-refractivity contribution < 1.29 is 71.8 Å². The standard InChI is InChI=1S/C30H36O15/c1-6-22(32)39-15-29(14-31,16-40-23(33)7-2)17-44-27(37)12-11-13-28(38)45-21-30(18-41-24(34)8-3,19-42-25(35)9-4)20-43-26(36)10-5/h6-12,31H,1-5,13-21H2. The van der Waals surface area contributed by atoms with E-state index in [1.54, 1.807) is 0 Å². The van der Waals surface area contributed by atoms with E-state index in [2.05, 4.69) is 32.9 Å². The van der Waals surface area contributed by atoms with E-state index in [0.29, 0.717) is 0 Å². The van der Waals surface area contributed by atoms with Gasteiger partial charge in [0, 0.05) is 36.5 Å². The molecule has 0 aliphatic rings. The topological polar surface area (TPSA) is 204 Å². The third-order valence-electron chi connectivity index (χ3n) is 5.37. The molecule has 0 aromatic rings. The summed E-state index contributed by atoms with van der Waals surface area (Å²) in [7, 11) is 0. The van der Waals surface area contributed by atoms with Crippen LogP contribution in [-0.2, 0) is 66.7 Å². The average Bonchev–Trinajstić information content (AvgIpc) is 3.06. The number of aliphatic hydroxyl groups is 1. The summed E-state index contributed by atoms with van der Waals surface area (Å²) in [5.41, 5.74) is -3.08. The molecule has 1 N–H and O–H groups in total. The molecule has 0 aliphatic heterocycles. The molecule has 0 fully saturated rings. The third-order valence-corrected chi connectivity index (χ3v) is 5.37. The van der Waals surface area contributed by atoms with Gasteiger partial charge in [0.05, 0.1) is 18.4 Å². The van der Waals surface area contributed by atoms with Crippen LogP contribution in [-0.4, -0.2) is 99.7 Å². The maximum Gasteiger partial charge on any atom is 0.330 e. The second-order valence-corrected chi connectivity index (χ2v) is 9.09. The summed E-state index contributed by atoms with van der Waals surface area (Å²) < 4.78 is 35.2. The molecule has 0 radical (unpaired) electrons. The van der Waals surface area contributed by atoms with Gasteiger partial charge >= 0.3 is 41.8 Å². The molecule has 15 heteroatoms. The van der Waals surface area contributed by atoms with Crippen LogP contribution < -0.4 is 0 Å². The van der Waals surface area contributed by atoms with Crippen LogP contribution in [0.3, 0.4) is 0 Å². The van der Waals surface area contributed by atoms with Gasteiger partial charge in [-0.1, -0.05) is 39.0 Å². The summed E-state index contributed by atoms with van der Waals surface area (Å²) in [5, 5.41) is 9.88. The van der Waals surface area contributed by atoms with Crippen molar-refractivity contribution in [2.75, 3.05) is 52.9 Å². The molecular formula is C30H36O15. The summed E-state index contributed by atoms with van der Waals surface area (Å²) >= 11 is 0. The molecule has 15 nitrogen and oxygen atoms in total. The lowest BCUT2D eigenvalue weighted by Gasteiger charge is -2.31. The Morgan fingerprint density at radius 1 is 0.467 bits per heavy atom. The van der Waals surface area contributed by atoms with Crippen molar-refractivity contribution in [3.05, 3.63) is 75.4 Å². The Balaban J connectivity index is 5.47. The first-order valence-corrected chi connectivity index (χ1v) is 12.9. The highest BCUT2D eigenvalue weighted by Crippen LogP contribution is 2.22. The lowest BCUT2D eigenvalue weighted by atomic mass is 9.92. The van der Waals surface area contributed by atoms with E-state index in [-0.39, 0.29) is 0 Å². The zero-order valence-electron chi connectivity index (χ0n) is 24.6. The minimum absolute atomic E-state index is 0.477. The molecule has 0 unspecified atom stereocenters. The molecular weight excluding hydrogens is 600 g/mol. The number of rotatable bonds is 23. The summed E-state index contributed by atoms with van der Waals surface area (Å²) in [6.07, 6.45) is 5.78. The van der Waals surface area contributed by atoms with E-state index in [1.807, 2.05) is 0 Å². The smallest absolute Gasteiger partial charge is 0.330 e. The Morgan fingerprint density at radius 3 is 1.07 bits per heavy atom. The molecule has 45 heavy (non-hydrogen) atoms. The highest BCUT2D eigenvalue weighted by atomic mass is 16.6. The fraction of sp³-hybridized carbons (Fsp3) is 0.367. The number of carbonyl (C=O) groups excluding carboxylic acids is 7. The van der Waals surface area contributed by atoms with Crippen LogP contribution in [0.1, 0.15) is 6.42 Å². The normalized spacial score (nSPS) is 10.8. The first-order chi connectivity index (χ1) is 21.3. The lowest BCUT2D eigenvalue weighted by Crippen LogP contribution is -2.43. The van der Waals surface area contributed by atoms with Gasteiger partial charge in [-0.2, -0.15) is 0 Å². The molecule has 0 bridgehead atoms. The number of hydrogen-bond donors (Lipinski definition) is 1. The zero-order chi connectivity index (χ0) is 34.3. The molecule has 0 aliphatic carbocycles. The fourth-order valence-corrected chi connectivity index (χ4v) is 2.74. The van der Waals surface area contributed by atoms with Gasteiger partial charge in [0.1, 0.15) is 51.7 Å². The minimum Gasteiger partial charge on any atom is -0.464 e. The highest BCUT2D eigenvalue weighted by molar-refractivity contribution is 5.84. The molecule has 246 valence electrons. The van der Waals surface area contributed by atoms with Crippen LogP contribution in [0.2, 0.25) is 0 Å². The van der Waals surface area contributed by atoms with Crippen LogP contribution in [0.4, 0.5) is 0 Å². The van der Waals surface area contributed by atoms with Crippen molar-refractivity contribution in [2.45, 2.75) is 6.42 Å². The highest BCUT2D eigenvalue weighted by Gasteiger charge is 2.38. The van der Waals surface area contributed by atoms with E-state index < -0.39 is 112 Å². The van der Waals surface area contributed by atoms with Gasteiger partial charge < -0.3 is 38.3 Å². The number of aliphatic hydroxyl groups excluding tert-OH is 1. The SMILES string of the molecule is C=CC(=O)OCC(CO)(COC(=O)C=C)COC(=O)C=CCC(=O)OCC(COC(=O)C=C)(COC(=O)C=C)COC(=O)C=C. The molecule has 0 saturated heterocycles. The molecule has 0 heterocycles. The van der Waals surface area contributed by atoms with E-state index in [0.717, 1.165) is 42.5 Å². The van der Waals surface area contributed by atoms with E-state index in [9.17, 15) is 38.7 Å². The van der Waals surface area contributed by atoms with Crippen LogP contribution in [0.5, 0.6) is 0 Å². The summed E-state index contributed by atoms with van der Waals surface area (Å²) in [4.78, 5) is 82.7. The van der Waals surface area contributed by atoms with Gasteiger partial charge in [-0.05, 0) is 0 Å². The Kier molecular flexibility index (Phi) is 18.9. The van der Waals surface area contributed by atoms with Crippen LogP contribution in [0.15, 0.2) is 75.4 Å². The number of hydrogen-bond acceptors (Lipinski definition) is 15. The largest absolute Gasteiger partial charge is 0.464 e. The van der Waals surface area contributed by atoms with Crippen molar-refractivity contribution >= 4 is 41.8 Å². The Bertz CT molecular complexity index is 1080. The number of esters is 7. The van der Waals surface area contributed by atoms with E-state index >= 15 is 0 Å². The fourth-order valence-electron chi connectivity index (χ4n) is 2.74. The van der Waals surface area contributed by atoms with Crippen LogP contribution in [0.25, 0.3) is 0 Å². The first-order valence-electron chi connectivity index (χ1n) is 12.9. The predicted molar refractivity (Wildman–Crippen MR) is 153 cm³/mol. The van der Waals surface area contributed by atoms with Crippen molar-refractivity contribution in [2.24, 2.45) is 10.8 Å². The maximum absolute atomic E-state index is 12.4. The van der Waals surface area contributed by atoms with Gasteiger partial charge in [-0.15, -0.1) is 0 Å². The Hall–Kier alpha value is -5.31. The van der Waals surface area contributed by atoms with Gasteiger partial charge in [-0.25, -0.2) is 28.8 Å². The third kappa shape index (κ3) is 16.8. The maximum atomic E-state index is 12.4. The molecule has 0 rings (SSSR count). The summed E-state index contributed by atoms with van der Waals surface area (Å²) in [6.45, 7) is 11.8. The zero-order valence-corrected chi connectivity index (χ0v) is 24.6. The first kappa shape index (κ1) is 39.7. The minimum atomic E-state index is -1.55. The van der Waals surface area contributed by atoms with Gasteiger partial charge in [0.15, 0.2) is 0 Å². The summed E-state index contributed by atoms with van der Waals surface area (Å²) in [6, 6.07) is 0. The quantitative estimate of drug-likeness (QED) is 0.0928. The average molecular weight is 637 g/mol. The van der Waals surface area contributed by atoms with Gasteiger partial charge in [0.25, 0.3) is 0 Å². The second-order valence-electron chi connectivity index (χ2n) is 9.09. The van der Waals surface area contributed by atoms with E-state index in [1.165, 1.54) is 0 Å². The lowest BCUT2D eigenvalue weighted by molar-refractivity contribution is -0.166. The van der Waals surface area contributed by atoms with Crippen molar-refractivity contribution in [1.82, 2.24) is 0 Å². The van der Waals surface area contributed by atoms with Crippen molar-refractivity contribution in [1.29, 1.82) is 0 Å². The molecule has 0 amide bonds. The number of ether oxygens (including phenoxy) is 7. The Morgan fingerprint density at radius 2 is 0.756 bits per heavy atom. The second kappa shape index (κ2) is 21.4. The van der Waals surface area contributed by atoms with Crippen LogP contribution in [0, 0.1) is 10.8 Å². The van der Waals surface area contributed by atoms with E-state index in [4.69, 9.17) is 33.2 Å². The summed E-state index contributed by atoms with van der Waals surface area (Å²) in [5.74, 6) is -6.15. The molecule has 0 aromatic carbocycles. The van der Waals surface area contributed by atoms with Crippen molar-refractivity contribution in [3.8, 4) is 0 Å². The molecule has 0 atom stereocenters. The Labute approximate surface area is 259 Å². The molecule has 0 spiro atoms. The van der Waals surface area contributed by atoms with Crippen molar-refractivity contribution in [3.63, 3.8) is 0 Å².